The van der Waals surface area contributed by atoms with Crippen LogP contribution >= 0.6 is 0 Å². The summed E-state index contributed by atoms with van der Waals surface area (Å²) in [7, 11) is 0. The molecule has 1 aromatic carbocycles. The van der Waals surface area contributed by atoms with E-state index in [0.717, 1.165) is 19.7 Å². The molecule has 1 heterocycles. The van der Waals surface area contributed by atoms with Gasteiger partial charge in [0.2, 0.25) is 0 Å². The standard InChI is InChI=1S/C17H27NO/c1-14(2)18(13-17-10-6-7-11-19-17)12-16-9-5-4-8-15(16)3/h4-5,8-9,14,17H,6-7,10-13H2,1-3H3/t17-/m1/s1. The summed E-state index contributed by atoms with van der Waals surface area (Å²) in [5.74, 6) is 0. The number of hydrogen-bond donors (Lipinski definition) is 0. The smallest absolute Gasteiger partial charge is 0.0702 e. The second-order valence-electron chi connectivity index (χ2n) is 5.94. The molecule has 1 fully saturated rings. The summed E-state index contributed by atoms with van der Waals surface area (Å²) in [6.07, 6.45) is 4.20. The van der Waals surface area contributed by atoms with Gasteiger partial charge in [0.25, 0.3) is 0 Å². The Hall–Kier alpha value is -0.860. The summed E-state index contributed by atoms with van der Waals surface area (Å²) in [6.45, 7) is 9.80. The maximum Gasteiger partial charge on any atom is 0.0702 e. The molecule has 0 radical (unpaired) electrons. The predicted molar refractivity (Wildman–Crippen MR) is 80.3 cm³/mol. The third-order valence-corrected chi connectivity index (χ3v) is 4.08. The third kappa shape index (κ3) is 4.32. The van der Waals surface area contributed by atoms with E-state index >= 15 is 0 Å². The van der Waals surface area contributed by atoms with Gasteiger partial charge in [-0.1, -0.05) is 24.3 Å². The Labute approximate surface area is 117 Å². The Kier molecular flexibility index (Phi) is 5.41. The van der Waals surface area contributed by atoms with E-state index in [1.165, 1.54) is 30.4 Å². The van der Waals surface area contributed by atoms with Crippen molar-refractivity contribution in [1.29, 1.82) is 0 Å². The van der Waals surface area contributed by atoms with Gasteiger partial charge in [-0.25, -0.2) is 0 Å². The lowest BCUT2D eigenvalue weighted by molar-refractivity contribution is -0.0129. The van der Waals surface area contributed by atoms with Crippen LogP contribution in [0.1, 0.15) is 44.2 Å². The minimum absolute atomic E-state index is 0.431. The third-order valence-electron chi connectivity index (χ3n) is 4.08. The van der Waals surface area contributed by atoms with E-state index in [1.807, 2.05) is 0 Å². The van der Waals surface area contributed by atoms with Gasteiger partial charge >= 0.3 is 0 Å². The molecule has 0 spiro atoms. The monoisotopic (exact) mass is 261 g/mol. The Morgan fingerprint density at radius 2 is 2.05 bits per heavy atom. The minimum atomic E-state index is 0.431. The molecular weight excluding hydrogens is 234 g/mol. The van der Waals surface area contributed by atoms with Gasteiger partial charge in [-0.15, -0.1) is 0 Å². The van der Waals surface area contributed by atoms with E-state index in [9.17, 15) is 0 Å². The summed E-state index contributed by atoms with van der Waals surface area (Å²) in [4.78, 5) is 2.54. The molecule has 19 heavy (non-hydrogen) atoms. The highest BCUT2D eigenvalue weighted by molar-refractivity contribution is 5.25. The molecular formula is C17H27NO. The van der Waals surface area contributed by atoms with Crippen LogP contribution in [0, 0.1) is 6.92 Å². The van der Waals surface area contributed by atoms with E-state index in [-0.39, 0.29) is 0 Å². The molecule has 1 atom stereocenters. The van der Waals surface area contributed by atoms with Crippen LogP contribution in [-0.4, -0.2) is 30.2 Å². The van der Waals surface area contributed by atoms with Crippen LogP contribution in [0.3, 0.4) is 0 Å². The Balaban J connectivity index is 1.97. The second kappa shape index (κ2) is 7.06. The molecule has 0 aromatic heterocycles. The van der Waals surface area contributed by atoms with E-state index in [4.69, 9.17) is 4.74 Å². The molecule has 0 bridgehead atoms. The molecule has 2 heteroatoms. The highest BCUT2D eigenvalue weighted by Gasteiger charge is 2.20. The Morgan fingerprint density at radius 1 is 1.26 bits per heavy atom. The molecule has 1 aromatic rings. The first-order chi connectivity index (χ1) is 9.16. The topological polar surface area (TPSA) is 12.5 Å². The number of aryl methyl sites for hydroxylation is 1. The van der Waals surface area contributed by atoms with Crippen LogP contribution in [0.25, 0.3) is 0 Å². The summed E-state index contributed by atoms with van der Waals surface area (Å²) in [6, 6.07) is 9.25. The van der Waals surface area contributed by atoms with Crippen molar-refractivity contribution in [3.05, 3.63) is 35.4 Å². The van der Waals surface area contributed by atoms with Crippen LogP contribution in [-0.2, 0) is 11.3 Å². The molecule has 1 aliphatic rings. The number of benzene rings is 1. The minimum Gasteiger partial charge on any atom is -0.377 e. The van der Waals surface area contributed by atoms with E-state index in [0.29, 0.717) is 12.1 Å². The molecule has 2 nitrogen and oxygen atoms in total. The van der Waals surface area contributed by atoms with Gasteiger partial charge in [-0.3, -0.25) is 4.90 Å². The predicted octanol–water partition coefficient (Wildman–Crippen LogP) is 3.77. The first-order valence-corrected chi connectivity index (χ1v) is 7.57. The summed E-state index contributed by atoms with van der Waals surface area (Å²) in [5.41, 5.74) is 2.82. The van der Waals surface area contributed by atoms with Crippen molar-refractivity contribution >= 4 is 0 Å². The van der Waals surface area contributed by atoms with Crippen molar-refractivity contribution in [3.8, 4) is 0 Å². The van der Waals surface area contributed by atoms with Crippen LogP contribution in [0.5, 0.6) is 0 Å². The van der Waals surface area contributed by atoms with Crippen LogP contribution in [0.2, 0.25) is 0 Å². The summed E-state index contributed by atoms with van der Waals surface area (Å²) >= 11 is 0. The fraction of sp³-hybridized carbons (Fsp3) is 0.647. The number of hydrogen-bond acceptors (Lipinski definition) is 2. The molecule has 0 N–H and O–H groups in total. The van der Waals surface area contributed by atoms with E-state index < -0.39 is 0 Å². The lowest BCUT2D eigenvalue weighted by atomic mass is 10.1. The maximum atomic E-state index is 5.88. The van der Waals surface area contributed by atoms with Gasteiger partial charge in [0.15, 0.2) is 0 Å². The molecule has 0 unspecified atom stereocenters. The zero-order chi connectivity index (χ0) is 13.7. The molecule has 0 aliphatic carbocycles. The Bertz CT molecular complexity index is 383. The highest BCUT2D eigenvalue weighted by atomic mass is 16.5. The fourth-order valence-electron chi connectivity index (χ4n) is 2.68. The lowest BCUT2D eigenvalue weighted by Gasteiger charge is -2.32. The first kappa shape index (κ1) is 14.5. The highest BCUT2D eigenvalue weighted by Crippen LogP contribution is 2.18. The van der Waals surface area contributed by atoms with Gasteiger partial charge in [0, 0.05) is 25.7 Å². The van der Waals surface area contributed by atoms with Gasteiger partial charge in [0.05, 0.1) is 6.10 Å². The number of rotatable bonds is 5. The van der Waals surface area contributed by atoms with Crippen LogP contribution in [0.15, 0.2) is 24.3 Å². The van der Waals surface area contributed by atoms with Gasteiger partial charge in [0.1, 0.15) is 0 Å². The quantitative estimate of drug-likeness (QED) is 0.800. The average Bonchev–Trinajstić information content (AvgIpc) is 2.41. The first-order valence-electron chi connectivity index (χ1n) is 7.57. The van der Waals surface area contributed by atoms with Crippen molar-refractivity contribution in [1.82, 2.24) is 4.90 Å². The van der Waals surface area contributed by atoms with Crippen molar-refractivity contribution in [3.63, 3.8) is 0 Å². The summed E-state index contributed by atoms with van der Waals surface area (Å²) in [5, 5.41) is 0. The van der Waals surface area contributed by atoms with Gasteiger partial charge in [-0.2, -0.15) is 0 Å². The summed E-state index contributed by atoms with van der Waals surface area (Å²) < 4.78 is 5.88. The molecule has 2 rings (SSSR count). The normalized spacial score (nSPS) is 20.2. The molecule has 1 saturated heterocycles. The molecule has 106 valence electrons. The average molecular weight is 261 g/mol. The van der Waals surface area contributed by atoms with Crippen molar-refractivity contribution in [2.75, 3.05) is 13.2 Å². The number of nitrogens with zero attached hydrogens (tertiary/aromatic N) is 1. The van der Waals surface area contributed by atoms with Gasteiger partial charge in [-0.05, 0) is 51.2 Å². The van der Waals surface area contributed by atoms with Crippen molar-refractivity contribution in [2.24, 2.45) is 0 Å². The molecule has 1 aliphatic heterocycles. The number of ether oxygens (including phenoxy) is 1. The van der Waals surface area contributed by atoms with Crippen molar-refractivity contribution < 1.29 is 4.74 Å². The molecule has 0 saturated carbocycles. The van der Waals surface area contributed by atoms with Crippen LogP contribution < -0.4 is 0 Å². The zero-order valence-corrected chi connectivity index (χ0v) is 12.6. The SMILES string of the molecule is Cc1ccccc1CN(C[C@H]1CCCCO1)C(C)C. The zero-order valence-electron chi connectivity index (χ0n) is 12.6. The van der Waals surface area contributed by atoms with E-state index in [1.54, 1.807) is 0 Å². The Morgan fingerprint density at radius 3 is 2.68 bits per heavy atom. The molecule has 0 amide bonds. The lowest BCUT2D eigenvalue weighted by Crippen LogP contribution is -2.39. The van der Waals surface area contributed by atoms with Crippen LogP contribution in [0.4, 0.5) is 0 Å². The fourth-order valence-corrected chi connectivity index (χ4v) is 2.68. The maximum absolute atomic E-state index is 5.88. The van der Waals surface area contributed by atoms with E-state index in [2.05, 4.69) is 49.9 Å². The largest absolute Gasteiger partial charge is 0.377 e. The van der Waals surface area contributed by atoms with Crippen molar-refractivity contribution in [2.45, 2.75) is 58.7 Å². The van der Waals surface area contributed by atoms with Gasteiger partial charge < -0.3 is 4.74 Å². The second-order valence-corrected chi connectivity index (χ2v) is 5.94.